The Morgan fingerprint density at radius 3 is 2.58 bits per heavy atom. The Kier molecular flexibility index (Phi) is 8.33. The van der Waals surface area contributed by atoms with Crippen molar-refractivity contribution in [3.63, 3.8) is 0 Å². The van der Waals surface area contributed by atoms with E-state index in [0.29, 0.717) is 61.4 Å². The summed E-state index contributed by atoms with van der Waals surface area (Å²) in [5.41, 5.74) is 2.91. The second kappa shape index (κ2) is 12.0. The number of aryl methyl sites for hydroxylation is 1. The molecule has 222 valence electrons. The van der Waals surface area contributed by atoms with E-state index in [9.17, 15) is 18.8 Å². The van der Waals surface area contributed by atoms with Crippen LogP contribution in [0.2, 0.25) is 5.02 Å². The predicted molar refractivity (Wildman–Crippen MR) is 165 cm³/mol. The van der Waals surface area contributed by atoms with Gasteiger partial charge < -0.3 is 15.2 Å². The molecule has 0 bridgehead atoms. The van der Waals surface area contributed by atoms with Gasteiger partial charge in [0.05, 0.1) is 34.0 Å². The highest BCUT2D eigenvalue weighted by Crippen LogP contribution is 2.37. The van der Waals surface area contributed by atoms with E-state index in [2.05, 4.69) is 52.8 Å². The van der Waals surface area contributed by atoms with Gasteiger partial charge in [-0.25, -0.2) is 13.5 Å². The topological polar surface area (TPSA) is 113 Å². The van der Waals surface area contributed by atoms with Gasteiger partial charge in [-0.1, -0.05) is 49.7 Å². The summed E-state index contributed by atoms with van der Waals surface area (Å²) >= 11 is 6.74. The maximum atomic E-state index is 13.5. The Labute approximate surface area is 252 Å². The monoisotopic (exact) mass is 604 g/mol. The molecular formula is C31H31ClF2N8O. The fourth-order valence-corrected chi connectivity index (χ4v) is 5.15. The Hall–Kier alpha value is -4.56. The first kappa shape index (κ1) is 29.9. The van der Waals surface area contributed by atoms with E-state index >= 15 is 0 Å². The van der Waals surface area contributed by atoms with Crippen LogP contribution in [0.5, 0.6) is 0 Å². The van der Waals surface area contributed by atoms with Crippen LogP contribution in [0, 0.1) is 16.7 Å². The summed E-state index contributed by atoms with van der Waals surface area (Å²) in [6.07, 6.45) is 4.67. The minimum atomic E-state index is -1.11. The molecule has 0 saturated heterocycles. The van der Waals surface area contributed by atoms with Crippen molar-refractivity contribution in [2.75, 3.05) is 30.5 Å². The largest absolute Gasteiger partial charge is 0.383 e. The molecule has 0 radical (unpaired) electrons. The summed E-state index contributed by atoms with van der Waals surface area (Å²) in [7, 11) is 1.68. The number of nitriles is 1. The number of fused-ring (bicyclic) bond motifs is 2. The Morgan fingerprint density at radius 2 is 1.88 bits per heavy atom. The second-order valence-electron chi connectivity index (χ2n) is 11.6. The summed E-state index contributed by atoms with van der Waals surface area (Å²) in [6, 6.07) is 11.2. The zero-order valence-corrected chi connectivity index (χ0v) is 25.0. The van der Waals surface area contributed by atoms with Crippen LogP contribution in [0.3, 0.4) is 0 Å². The zero-order chi connectivity index (χ0) is 30.9. The van der Waals surface area contributed by atoms with E-state index in [1.54, 1.807) is 31.4 Å². The molecule has 5 aromatic rings. The van der Waals surface area contributed by atoms with E-state index < -0.39 is 25.4 Å². The van der Waals surface area contributed by atoms with Gasteiger partial charge in [0.2, 0.25) is 0 Å². The lowest BCUT2D eigenvalue weighted by Gasteiger charge is -2.23. The average Bonchev–Trinajstić information content (AvgIpc) is 3.46. The number of rotatable bonds is 9. The standard InChI is InChI=1S/C31H31ClF2N8O/c1-31(2,3)17-37-27-18(14-35)15-36-28-24(27)10-19(11-25(28)32)38-29(26-16-42(40-39-26)20(12-33)13-34)22-6-5-7-23-21(22)8-9-41(4)30(23)43/h5-11,15-16,20,29,38H,12-13,17H2,1-4H3,(H,36,37). The molecule has 0 saturated carbocycles. The van der Waals surface area contributed by atoms with Crippen molar-refractivity contribution in [1.82, 2.24) is 24.5 Å². The van der Waals surface area contributed by atoms with Crippen molar-refractivity contribution in [1.29, 1.82) is 5.26 Å². The third kappa shape index (κ3) is 6.01. The average molecular weight is 605 g/mol. The summed E-state index contributed by atoms with van der Waals surface area (Å²) in [6.45, 7) is 4.96. The van der Waals surface area contributed by atoms with Gasteiger partial charge in [-0.2, -0.15) is 5.26 Å². The van der Waals surface area contributed by atoms with Crippen molar-refractivity contribution in [2.24, 2.45) is 12.5 Å². The van der Waals surface area contributed by atoms with Crippen LogP contribution in [0.25, 0.3) is 21.7 Å². The van der Waals surface area contributed by atoms with E-state index in [1.807, 2.05) is 18.2 Å². The molecule has 1 unspecified atom stereocenters. The summed E-state index contributed by atoms with van der Waals surface area (Å²) in [4.78, 5) is 17.4. The van der Waals surface area contributed by atoms with Gasteiger partial charge in [-0.3, -0.25) is 9.78 Å². The molecule has 1 atom stereocenters. The number of nitrogens with zero attached hydrogens (tertiary/aromatic N) is 6. The molecule has 12 heteroatoms. The van der Waals surface area contributed by atoms with Crippen molar-refractivity contribution in [2.45, 2.75) is 32.9 Å². The van der Waals surface area contributed by atoms with Crippen LogP contribution in [0.1, 0.15) is 49.7 Å². The van der Waals surface area contributed by atoms with E-state index in [4.69, 9.17) is 11.6 Å². The molecular weight excluding hydrogens is 574 g/mol. The molecule has 5 rings (SSSR count). The predicted octanol–water partition coefficient (Wildman–Crippen LogP) is 6.34. The molecule has 2 aromatic carbocycles. The summed E-state index contributed by atoms with van der Waals surface area (Å²) in [5, 5.41) is 27.2. The smallest absolute Gasteiger partial charge is 0.258 e. The van der Waals surface area contributed by atoms with Crippen LogP contribution in [0.15, 0.2) is 59.8 Å². The van der Waals surface area contributed by atoms with Gasteiger partial charge >= 0.3 is 0 Å². The molecule has 0 aliphatic rings. The minimum Gasteiger partial charge on any atom is -0.383 e. The van der Waals surface area contributed by atoms with Gasteiger partial charge in [0, 0.05) is 42.4 Å². The Bertz CT molecular complexity index is 1900. The zero-order valence-electron chi connectivity index (χ0n) is 24.2. The van der Waals surface area contributed by atoms with Gasteiger partial charge in [0.25, 0.3) is 5.56 Å². The highest BCUT2D eigenvalue weighted by Gasteiger charge is 2.24. The lowest BCUT2D eigenvalue weighted by molar-refractivity contribution is 0.269. The van der Waals surface area contributed by atoms with Crippen LogP contribution >= 0.6 is 11.6 Å². The summed E-state index contributed by atoms with van der Waals surface area (Å²) in [5.74, 6) is 0. The van der Waals surface area contributed by atoms with Crippen molar-refractivity contribution < 1.29 is 8.78 Å². The number of hydrogen-bond donors (Lipinski definition) is 2. The van der Waals surface area contributed by atoms with Crippen LogP contribution in [0.4, 0.5) is 20.2 Å². The summed E-state index contributed by atoms with van der Waals surface area (Å²) < 4.78 is 29.7. The number of anilines is 2. The molecule has 3 aromatic heterocycles. The maximum absolute atomic E-state index is 13.5. The lowest BCUT2D eigenvalue weighted by Crippen LogP contribution is -2.20. The lowest BCUT2D eigenvalue weighted by atomic mass is 9.96. The molecule has 0 spiro atoms. The first-order chi connectivity index (χ1) is 20.5. The van der Waals surface area contributed by atoms with E-state index in [-0.39, 0.29) is 11.0 Å². The molecule has 0 aliphatic heterocycles. The van der Waals surface area contributed by atoms with Crippen molar-refractivity contribution in [3.8, 4) is 6.07 Å². The Balaban J connectivity index is 1.68. The Morgan fingerprint density at radius 1 is 1.12 bits per heavy atom. The highest BCUT2D eigenvalue weighted by molar-refractivity contribution is 6.35. The van der Waals surface area contributed by atoms with Gasteiger partial charge in [-0.15, -0.1) is 5.10 Å². The van der Waals surface area contributed by atoms with Crippen molar-refractivity contribution in [3.05, 3.63) is 87.2 Å². The van der Waals surface area contributed by atoms with Crippen LogP contribution in [-0.2, 0) is 7.05 Å². The molecule has 0 amide bonds. The van der Waals surface area contributed by atoms with Gasteiger partial charge in [-0.05, 0) is 40.6 Å². The fourth-order valence-electron chi connectivity index (χ4n) is 4.88. The SMILES string of the molecule is Cn1ccc2c(C(Nc3cc(Cl)c4ncc(C#N)c(NCC(C)(C)C)c4c3)c3cn(C(CF)CF)nn3)cccc2c1=O. The molecule has 2 N–H and O–H groups in total. The minimum absolute atomic E-state index is 0.0681. The third-order valence-electron chi connectivity index (χ3n) is 7.17. The molecule has 43 heavy (non-hydrogen) atoms. The number of alkyl halides is 2. The van der Waals surface area contributed by atoms with E-state index in [0.717, 1.165) is 0 Å². The first-order valence-corrected chi connectivity index (χ1v) is 14.1. The molecule has 0 fully saturated rings. The number of hydrogen-bond acceptors (Lipinski definition) is 7. The number of halogens is 3. The van der Waals surface area contributed by atoms with Crippen LogP contribution < -0.4 is 16.2 Å². The number of aromatic nitrogens is 5. The highest BCUT2D eigenvalue weighted by atomic mass is 35.5. The maximum Gasteiger partial charge on any atom is 0.258 e. The fraction of sp³-hybridized carbons (Fsp3) is 0.323. The molecule has 3 heterocycles. The first-order valence-electron chi connectivity index (χ1n) is 13.7. The third-order valence-corrected chi connectivity index (χ3v) is 7.46. The number of nitrogens with one attached hydrogen (secondary N) is 2. The normalized spacial score (nSPS) is 12.5. The van der Waals surface area contributed by atoms with Crippen molar-refractivity contribution >= 4 is 44.7 Å². The molecule has 0 aliphatic carbocycles. The van der Waals surface area contributed by atoms with Gasteiger partial charge in [0.1, 0.15) is 31.2 Å². The van der Waals surface area contributed by atoms with Crippen LogP contribution in [-0.4, -0.2) is 44.4 Å². The second-order valence-corrected chi connectivity index (χ2v) is 12.0. The number of pyridine rings is 2. The quantitative estimate of drug-likeness (QED) is 0.202. The van der Waals surface area contributed by atoms with E-state index in [1.165, 1.54) is 21.6 Å². The number of benzene rings is 2. The van der Waals surface area contributed by atoms with Gasteiger partial charge in [0.15, 0.2) is 0 Å². The molecule has 9 nitrogen and oxygen atoms in total.